The fourth-order valence-electron chi connectivity index (χ4n) is 3.63. The fraction of sp³-hybridized carbons (Fsp3) is 0.588. The maximum atomic E-state index is 13.3. The number of carbonyl (C=O) groups excluding carboxylic acids is 1. The summed E-state index contributed by atoms with van der Waals surface area (Å²) in [6.07, 6.45) is 3.39. The number of rotatable bonds is 2. The fourth-order valence-corrected chi connectivity index (χ4v) is 3.82. The van der Waals surface area contributed by atoms with Gasteiger partial charge in [-0.3, -0.25) is 4.79 Å². The lowest BCUT2D eigenvalue weighted by atomic mass is 9.72. The molecule has 3 rings (SSSR count). The van der Waals surface area contributed by atoms with Crippen molar-refractivity contribution >= 4 is 17.5 Å². The summed E-state index contributed by atoms with van der Waals surface area (Å²) in [5.74, 6) is 0.188. The van der Waals surface area contributed by atoms with E-state index in [0.29, 0.717) is 37.6 Å². The molecule has 2 fully saturated rings. The lowest BCUT2D eigenvalue weighted by Gasteiger charge is -2.42. The molecule has 0 saturated carbocycles. The van der Waals surface area contributed by atoms with Crippen molar-refractivity contribution in [3.05, 3.63) is 34.9 Å². The maximum absolute atomic E-state index is 13.3. The first-order valence-electron chi connectivity index (χ1n) is 8.00. The molecular formula is C17H23ClN2O2. The van der Waals surface area contributed by atoms with Gasteiger partial charge in [-0.25, -0.2) is 0 Å². The summed E-state index contributed by atoms with van der Waals surface area (Å²) in [6, 6.07) is 7.80. The third kappa shape index (κ3) is 3.00. The molecule has 1 amide bonds. The van der Waals surface area contributed by atoms with Crippen LogP contribution in [0.4, 0.5) is 0 Å². The number of amides is 1. The van der Waals surface area contributed by atoms with Crippen molar-refractivity contribution < 1.29 is 9.53 Å². The smallest absolute Gasteiger partial charge is 0.233 e. The Bertz CT molecular complexity index is 543. The van der Waals surface area contributed by atoms with Gasteiger partial charge in [-0.05, 0) is 43.4 Å². The molecule has 4 nitrogen and oxygen atoms in total. The number of benzene rings is 1. The van der Waals surface area contributed by atoms with Crippen LogP contribution in [0.5, 0.6) is 0 Å². The first-order chi connectivity index (χ1) is 10.6. The molecule has 5 heteroatoms. The Morgan fingerprint density at radius 3 is 2.82 bits per heavy atom. The number of hydrogen-bond donors (Lipinski definition) is 1. The van der Waals surface area contributed by atoms with Gasteiger partial charge < -0.3 is 15.4 Å². The Kier molecular flexibility index (Phi) is 4.71. The molecule has 0 bridgehead atoms. The van der Waals surface area contributed by atoms with Crippen molar-refractivity contribution in [2.24, 2.45) is 5.73 Å². The van der Waals surface area contributed by atoms with Crippen LogP contribution in [0.3, 0.4) is 0 Å². The number of carbonyl (C=O) groups is 1. The molecule has 0 aliphatic carbocycles. The summed E-state index contributed by atoms with van der Waals surface area (Å²) in [5.41, 5.74) is 6.55. The first kappa shape index (κ1) is 15.8. The lowest BCUT2D eigenvalue weighted by molar-refractivity contribution is -0.142. The van der Waals surface area contributed by atoms with E-state index in [1.807, 2.05) is 29.2 Å². The lowest BCUT2D eigenvalue weighted by Crippen LogP contribution is -2.54. The Labute approximate surface area is 136 Å². The van der Waals surface area contributed by atoms with Crippen molar-refractivity contribution in [3.8, 4) is 0 Å². The van der Waals surface area contributed by atoms with E-state index in [1.54, 1.807) is 0 Å². The summed E-state index contributed by atoms with van der Waals surface area (Å²) >= 11 is 6.16. The maximum Gasteiger partial charge on any atom is 0.233 e. The highest BCUT2D eigenvalue weighted by Crippen LogP contribution is 2.38. The molecule has 0 unspecified atom stereocenters. The van der Waals surface area contributed by atoms with Gasteiger partial charge in [0.1, 0.15) is 0 Å². The molecule has 2 aliphatic rings. The average Bonchev–Trinajstić information content (AvgIpc) is 2.55. The highest BCUT2D eigenvalue weighted by atomic mass is 35.5. The molecule has 1 aromatic rings. The van der Waals surface area contributed by atoms with Gasteiger partial charge in [0, 0.05) is 37.4 Å². The van der Waals surface area contributed by atoms with Gasteiger partial charge in [0.25, 0.3) is 0 Å². The largest absolute Gasteiger partial charge is 0.381 e. The van der Waals surface area contributed by atoms with Crippen LogP contribution in [0.25, 0.3) is 0 Å². The molecule has 1 aromatic carbocycles. The molecule has 0 spiro atoms. The normalized spacial score (nSPS) is 25.0. The molecule has 22 heavy (non-hydrogen) atoms. The summed E-state index contributed by atoms with van der Waals surface area (Å²) in [4.78, 5) is 15.2. The van der Waals surface area contributed by atoms with Crippen LogP contribution in [0, 0.1) is 0 Å². The van der Waals surface area contributed by atoms with Crippen LogP contribution in [0.2, 0.25) is 5.02 Å². The molecule has 2 aliphatic heterocycles. The number of piperidine rings is 1. The molecule has 2 heterocycles. The molecule has 0 radical (unpaired) electrons. The van der Waals surface area contributed by atoms with Gasteiger partial charge in [-0.2, -0.15) is 0 Å². The van der Waals surface area contributed by atoms with E-state index in [4.69, 9.17) is 22.1 Å². The number of nitrogens with zero attached hydrogens (tertiary/aromatic N) is 1. The van der Waals surface area contributed by atoms with E-state index in [0.717, 1.165) is 24.9 Å². The van der Waals surface area contributed by atoms with Crippen molar-refractivity contribution in [2.45, 2.75) is 37.1 Å². The Hall–Kier alpha value is -1.10. The van der Waals surface area contributed by atoms with Gasteiger partial charge in [-0.15, -0.1) is 0 Å². The van der Waals surface area contributed by atoms with Gasteiger partial charge in [-0.1, -0.05) is 23.7 Å². The number of nitrogens with two attached hydrogens (primary N) is 1. The number of halogens is 1. The zero-order chi connectivity index (χ0) is 15.6. The molecule has 2 saturated heterocycles. The van der Waals surface area contributed by atoms with E-state index >= 15 is 0 Å². The number of ether oxygens (including phenoxy) is 1. The van der Waals surface area contributed by atoms with Crippen molar-refractivity contribution in [1.82, 2.24) is 4.90 Å². The van der Waals surface area contributed by atoms with Crippen molar-refractivity contribution in [1.29, 1.82) is 0 Å². The van der Waals surface area contributed by atoms with Crippen LogP contribution in [-0.4, -0.2) is 43.2 Å². The van der Waals surface area contributed by atoms with E-state index in [9.17, 15) is 4.79 Å². The Balaban J connectivity index is 1.93. The Morgan fingerprint density at radius 2 is 2.14 bits per heavy atom. The minimum atomic E-state index is -0.514. The van der Waals surface area contributed by atoms with Crippen LogP contribution in [0.15, 0.2) is 24.3 Å². The molecule has 0 aromatic heterocycles. The van der Waals surface area contributed by atoms with Crippen LogP contribution >= 0.6 is 11.6 Å². The second-order valence-corrected chi connectivity index (χ2v) is 6.79. The zero-order valence-corrected chi connectivity index (χ0v) is 13.5. The molecular weight excluding hydrogens is 300 g/mol. The summed E-state index contributed by atoms with van der Waals surface area (Å²) in [5, 5.41) is 0.673. The first-order valence-corrected chi connectivity index (χ1v) is 8.38. The van der Waals surface area contributed by atoms with Crippen molar-refractivity contribution in [2.75, 3.05) is 26.3 Å². The summed E-state index contributed by atoms with van der Waals surface area (Å²) in [7, 11) is 0. The minimum Gasteiger partial charge on any atom is -0.381 e. The topological polar surface area (TPSA) is 55.6 Å². The van der Waals surface area contributed by atoms with E-state index in [2.05, 4.69) is 0 Å². The quantitative estimate of drug-likeness (QED) is 0.909. The zero-order valence-electron chi connectivity index (χ0n) is 12.8. The van der Waals surface area contributed by atoms with Crippen LogP contribution in [0.1, 0.15) is 31.2 Å². The molecule has 120 valence electrons. The summed E-state index contributed by atoms with van der Waals surface area (Å²) < 4.78 is 5.51. The second-order valence-electron chi connectivity index (χ2n) is 6.36. The predicted octanol–water partition coefficient (Wildman–Crippen LogP) is 2.34. The van der Waals surface area contributed by atoms with Gasteiger partial charge in [0.15, 0.2) is 0 Å². The monoisotopic (exact) mass is 322 g/mol. The average molecular weight is 323 g/mol. The second kappa shape index (κ2) is 6.57. The molecule has 1 atom stereocenters. The van der Waals surface area contributed by atoms with Crippen molar-refractivity contribution in [3.63, 3.8) is 0 Å². The summed E-state index contributed by atoms with van der Waals surface area (Å²) in [6.45, 7) is 2.67. The standard InChI is InChI=1S/C17H23ClN2O2/c18-14-4-1-3-13(11-14)17(6-9-22-10-7-17)16(21)20-8-2-5-15(19)12-20/h1,3-4,11,15H,2,5-10,12,19H2/t15-/m1/s1. The molecule has 2 N–H and O–H groups in total. The third-order valence-corrected chi connectivity index (χ3v) is 5.11. The highest BCUT2D eigenvalue weighted by molar-refractivity contribution is 6.30. The van der Waals surface area contributed by atoms with E-state index in [-0.39, 0.29) is 11.9 Å². The SMILES string of the molecule is N[C@@H]1CCCN(C(=O)C2(c3cccc(Cl)c3)CCOCC2)C1. The van der Waals surface area contributed by atoms with E-state index in [1.165, 1.54) is 0 Å². The third-order valence-electron chi connectivity index (χ3n) is 4.88. The van der Waals surface area contributed by atoms with Crippen LogP contribution < -0.4 is 5.73 Å². The van der Waals surface area contributed by atoms with Gasteiger partial charge in [0.2, 0.25) is 5.91 Å². The van der Waals surface area contributed by atoms with Gasteiger partial charge in [0.05, 0.1) is 5.41 Å². The Morgan fingerprint density at radius 1 is 1.36 bits per heavy atom. The van der Waals surface area contributed by atoms with E-state index < -0.39 is 5.41 Å². The van der Waals surface area contributed by atoms with Crippen LogP contribution in [-0.2, 0) is 14.9 Å². The highest BCUT2D eigenvalue weighted by Gasteiger charge is 2.44. The minimum absolute atomic E-state index is 0.0916. The number of hydrogen-bond acceptors (Lipinski definition) is 3. The number of likely N-dealkylation sites (tertiary alicyclic amines) is 1. The van der Waals surface area contributed by atoms with Gasteiger partial charge >= 0.3 is 0 Å². The predicted molar refractivity (Wildman–Crippen MR) is 87.0 cm³/mol.